The standard InChI is InChI=1S/C14H19NO7/c16-6-9-11(17)12(18)10(13(19)22-9)15-14(20)21-7-8-4-2-1-3-5-8/h1-5,9-13,16-19H,6-7H2,(H,15,20)/t9-,10-,11+,12-,13?/m1/s1. The monoisotopic (exact) mass is 313 g/mol. The molecule has 22 heavy (non-hydrogen) atoms. The van der Waals surface area contributed by atoms with Gasteiger partial charge in [0.2, 0.25) is 0 Å². The maximum atomic E-state index is 11.7. The zero-order chi connectivity index (χ0) is 16.1. The van der Waals surface area contributed by atoms with Crippen LogP contribution in [0.3, 0.4) is 0 Å². The summed E-state index contributed by atoms with van der Waals surface area (Å²) in [6, 6.07) is 7.71. The number of ether oxygens (including phenoxy) is 2. The number of aliphatic hydroxyl groups is 4. The molecule has 8 heteroatoms. The van der Waals surface area contributed by atoms with Crippen LogP contribution in [0.5, 0.6) is 0 Å². The third-order valence-electron chi connectivity index (χ3n) is 3.40. The van der Waals surface area contributed by atoms with Crippen LogP contribution in [0.1, 0.15) is 5.56 Å². The number of benzene rings is 1. The van der Waals surface area contributed by atoms with Gasteiger partial charge in [-0.1, -0.05) is 30.3 Å². The molecule has 0 aliphatic carbocycles. The van der Waals surface area contributed by atoms with Crippen LogP contribution >= 0.6 is 0 Å². The van der Waals surface area contributed by atoms with Gasteiger partial charge in [0.25, 0.3) is 0 Å². The van der Waals surface area contributed by atoms with Gasteiger partial charge in [-0.05, 0) is 5.56 Å². The Morgan fingerprint density at radius 3 is 2.50 bits per heavy atom. The Bertz CT molecular complexity index is 483. The quantitative estimate of drug-likeness (QED) is 0.468. The highest BCUT2D eigenvalue weighted by Crippen LogP contribution is 2.19. The number of carbonyl (C=O) groups excluding carboxylic acids is 1. The lowest BCUT2D eigenvalue weighted by molar-refractivity contribution is -0.253. The van der Waals surface area contributed by atoms with Gasteiger partial charge in [-0.3, -0.25) is 0 Å². The van der Waals surface area contributed by atoms with Crippen LogP contribution in [-0.4, -0.2) is 63.8 Å². The van der Waals surface area contributed by atoms with Crippen molar-refractivity contribution in [2.24, 2.45) is 0 Å². The summed E-state index contributed by atoms with van der Waals surface area (Å²) < 4.78 is 9.88. The molecule has 1 fully saturated rings. The van der Waals surface area contributed by atoms with Crippen molar-refractivity contribution in [3.05, 3.63) is 35.9 Å². The average molecular weight is 313 g/mol. The first-order valence-electron chi connectivity index (χ1n) is 6.80. The van der Waals surface area contributed by atoms with E-state index >= 15 is 0 Å². The fraction of sp³-hybridized carbons (Fsp3) is 0.500. The number of hydrogen-bond acceptors (Lipinski definition) is 7. The maximum Gasteiger partial charge on any atom is 0.407 e. The van der Waals surface area contributed by atoms with Crippen molar-refractivity contribution in [2.45, 2.75) is 37.3 Å². The summed E-state index contributed by atoms with van der Waals surface area (Å²) in [5, 5.41) is 40.5. The lowest BCUT2D eigenvalue weighted by Gasteiger charge is -2.39. The Balaban J connectivity index is 1.87. The van der Waals surface area contributed by atoms with Crippen LogP contribution in [0.15, 0.2) is 30.3 Å². The summed E-state index contributed by atoms with van der Waals surface area (Å²) in [4.78, 5) is 11.7. The molecule has 1 saturated heterocycles. The van der Waals surface area contributed by atoms with Crippen LogP contribution in [-0.2, 0) is 16.1 Å². The van der Waals surface area contributed by atoms with E-state index in [1.165, 1.54) is 0 Å². The van der Waals surface area contributed by atoms with Gasteiger partial charge in [0.15, 0.2) is 6.29 Å². The van der Waals surface area contributed by atoms with E-state index in [9.17, 15) is 20.1 Å². The van der Waals surface area contributed by atoms with E-state index in [1.807, 2.05) is 6.07 Å². The SMILES string of the molecule is O=C(N[C@H]1C(O)O[C@H](CO)[C@H](O)[C@@H]1O)OCc1ccccc1. The number of nitrogens with one attached hydrogen (secondary N) is 1. The van der Waals surface area contributed by atoms with Crippen LogP contribution in [0.4, 0.5) is 4.79 Å². The first kappa shape index (κ1) is 16.7. The molecule has 2 rings (SSSR count). The first-order valence-corrected chi connectivity index (χ1v) is 6.80. The van der Waals surface area contributed by atoms with Gasteiger partial charge in [-0.2, -0.15) is 0 Å². The molecule has 0 bridgehead atoms. The van der Waals surface area contributed by atoms with E-state index in [0.29, 0.717) is 0 Å². The molecule has 1 aromatic carbocycles. The maximum absolute atomic E-state index is 11.7. The third-order valence-corrected chi connectivity index (χ3v) is 3.40. The average Bonchev–Trinajstić information content (AvgIpc) is 2.54. The van der Waals surface area contributed by atoms with Gasteiger partial charge >= 0.3 is 6.09 Å². The summed E-state index contributed by atoms with van der Waals surface area (Å²) in [5.74, 6) is 0. The lowest BCUT2D eigenvalue weighted by atomic mass is 9.97. The van der Waals surface area contributed by atoms with Crippen molar-refractivity contribution in [3.63, 3.8) is 0 Å². The molecule has 0 aromatic heterocycles. The molecule has 5 N–H and O–H groups in total. The second-order valence-corrected chi connectivity index (χ2v) is 4.96. The highest BCUT2D eigenvalue weighted by Gasteiger charge is 2.44. The van der Waals surface area contributed by atoms with Crippen molar-refractivity contribution in [1.29, 1.82) is 0 Å². The van der Waals surface area contributed by atoms with Gasteiger partial charge in [0.05, 0.1) is 6.61 Å². The van der Waals surface area contributed by atoms with Crippen molar-refractivity contribution in [1.82, 2.24) is 5.32 Å². The molecule has 8 nitrogen and oxygen atoms in total. The van der Waals surface area contributed by atoms with E-state index in [-0.39, 0.29) is 6.61 Å². The third kappa shape index (κ3) is 3.93. The van der Waals surface area contributed by atoms with Crippen LogP contribution in [0.25, 0.3) is 0 Å². The second-order valence-electron chi connectivity index (χ2n) is 4.96. The van der Waals surface area contributed by atoms with Crippen molar-refractivity contribution >= 4 is 6.09 Å². The van der Waals surface area contributed by atoms with E-state index < -0.39 is 43.3 Å². The fourth-order valence-corrected chi connectivity index (χ4v) is 2.15. The second kappa shape index (κ2) is 7.52. The molecule has 122 valence electrons. The Morgan fingerprint density at radius 2 is 1.86 bits per heavy atom. The van der Waals surface area contributed by atoms with Gasteiger partial charge in [0, 0.05) is 0 Å². The number of carbonyl (C=O) groups is 1. The number of alkyl carbamates (subject to hydrolysis) is 1. The zero-order valence-electron chi connectivity index (χ0n) is 11.7. The summed E-state index contributed by atoms with van der Waals surface area (Å²) >= 11 is 0. The molecule has 1 aromatic rings. The predicted molar refractivity (Wildman–Crippen MR) is 73.5 cm³/mol. The molecule has 0 spiro atoms. The molecule has 1 unspecified atom stereocenters. The number of aliphatic hydroxyl groups excluding tert-OH is 4. The van der Waals surface area contributed by atoms with Gasteiger partial charge in [-0.25, -0.2) is 4.79 Å². The molecule has 0 saturated carbocycles. The normalized spacial score (nSPS) is 31.5. The molecule has 1 amide bonds. The predicted octanol–water partition coefficient (Wildman–Crippen LogP) is -1.29. The Morgan fingerprint density at radius 1 is 1.18 bits per heavy atom. The Hall–Kier alpha value is -1.71. The number of hydrogen-bond donors (Lipinski definition) is 5. The highest BCUT2D eigenvalue weighted by atomic mass is 16.6. The van der Waals surface area contributed by atoms with Gasteiger partial charge in [0.1, 0.15) is 31.0 Å². The van der Waals surface area contributed by atoms with Crippen molar-refractivity contribution in [3.8, 4) is 0 Å². The summed E-state index contributed by atoms with van der Waals surface area (Å²) in [6.45, 7) is -0.547. The van der Waals surface area contributed by atoms with Crippen molar-refractivity contribution < 1.29 is 34.7 Å². The molecule has 1 aliphatic heterocycles. The summed E-state index contributed by atoms with van der Waals surface area (Å²) in [6.07, 6.45) is -6.49. The van der Waals surface area contributed by atoms with Crippen LogP contribution < -0.4 is 5.32 Å². The van der Waals surface area contributed by atoms with Crippen molar-refractivity contribution in [2.75, 3.05) is 6.61 Å². The number of rotatable bonds is 4. The van der Waals surface area contributed by atoms with Crippen LogP contribution in [0.2, 0.25) is 0 Å². The Kier molecular flexibility index (Phi) is 5.69. The fourth-order valence-electron chi connectivity index (χ4n) is 2.15. The smallest absolute Gasteiger partial charge is 0.407 e. The van der Waals surface area contributed by atoms with E-state index in [0.717, 1.165) is 5.56 Å². The first-order chi connectivity index (χ1) is 10.5. The van der Waals surface area contributed by atoms with E-state index in [1.54, 1.807) is 24.3 Å². The number of amides is 1. The van der Waals surface area contributed by atoms with E-state index in [4.69, 9.17) is 14.6 Å². The zero-order valence-corrected chi connectivity index (χ0v) is 11.7. The molecular formula is C14H19NO7. The van der Waals surface area contributed by atoms with E-state index in [2.05, 4.69) is 5.32 Å². The minimum Gasteiger partial charge on any atom is -0.445 e. The topological polar surface area (TPSA) is 128 Å². The largest absolute Gasteiger partial charge is 0.445 e. The molecule has 5 atom stereocenters. The Labute approximate surface area is 126 Å². The molecule has 0 radical (unpaired) electrons. The van der Waals surface area contributed by atoms with Gasteiger partial charge in [-0.15, -0.1) is 0 Å². The highest BCUT2D eigenvalue weighted by molar-refractivity contribution is 5.67. The van der Waals surface area contributed by atoms with Gasteiger partial charge < -0.3 is 35.2 Å². The lowest BCUT2D eigenvalue weighted by Crippen LogP contribution is -2.64. The summed E-state index contributed by atoms with van der Waals surface area (Å²) in [5.41, 5.74) is 0.777. The molecule has 1 heterocycles. The molecule has 1 aliphatic rings. The summed E-state index contributed by atoms with van der Waals surface area (Å²) in [7, 11) is 0. The minimum atomic E-state index is -1.57. The molecular weight excluding hydrogens is 294 g/mol. The minimum absolute atomic E-state index is 0.0221. The van der Waals surface area contributed by atoms with Crippen LogP contribution in [0, 0.1) is 0 Å².